The molecule has 20 heavy (non-hydrogen) atoms. The van der Waals surface area contributed by atoms with Gasteiger partial charge in [-0.05, 0) is 36.4 Å². The number of nitrogens with zero attached hydrogens (tertiary/aromatic N) is 2. The zero-order valence-electron chi connectivity index (χ0n) is 11.2. The minimum absolute atomic E-state index is 0. The molecule has 0 amide bonds. The minimum Gasteiger partial charge on any atom is -0.316 e. The first kappa shape index (κ1) is 14.1. The summed E-state index contributed by atoms with van der Waals surface area (Å²) < 4.78 is 0. The second kappa shape index (κ2) is 5.85. The molecule has 2 saturated heterocycles. The molecule has 2 atom stereocenters. The lowest BCUT2D eigenvalue weighted by atomic mass is 10.0. The third-order valence-electron chi connectivity index (χ3n) is 4.39. The van der Waals surface area contributed by atoms with E-state index >= 15 is 0 Å². The first-order valence-electron chi connectivity index (χ1n) is 6.88. The second-order valence-electron chi connectivity index (χ2n) is 5.65. The van der Waals surface area contributed by atoms with Crippen LogP contribution < -0.4 is 5.32 Å². The SMILES string of the molecule is Cl.c1cc(-c2[nH]ncc2CN2C[C@H]3CNC[C@H]3C2)cs1. The highest BCUT2D eigenvalue weighted by Gasteiger charge is 2.36. The number of hydrogen-bond acceptors (Lipinski definition) is 4. The van der Waals surface area contributed by atoms with Crippen LogP contribution in [0.2, 0.25) is 0 Å². The number of H-pyrrole nitrogens is 1. The summed E-state index contributed by atoms with van der Waals surface area (Å²) in [6.45, 7) is 5.88. The molecule has 2 N–H and O–H groups in total. The van der Waals surface area contributed by atoms with E-state index in [9.17, 15) is 0 Å². The van der Waals surface area contributed by atoms with Crippen molar-refractivity contribution in [1.82, 2.24) is 20.4 Å². The van der Waals surface area contributed by atoms with Crippen molar-refractivity contribution in [3.05, 3.63) is 28.6 Å². The fraction of sp³-hybridized carbons (Fsp3) is 0.500. The van der Waals surface area contributed by atoms with E-state index in [0.717, 1.165) is 18.4 Å². The molecule has 0 bridgehead atoms. The van der Waals surface area contributed by atoms with Gasteiger partial charge in [0.25, 0.3) is 0 Å². The van der Waals surface area contributed by atoms with Crippen LogP contribution in [0.1, 0.15) is 5.56 Å². The van der Waals surface area contributed by atoms with Gasteiger partial charge in [0, 0.05) is 36.1 Å². The molecule has 2 aromatic rings. The fourth-order valence-electron chi connectivity index (χ4n) is 3.41. The van der Waals surface area contributed by atoms with Crippen LogP contribution in [0, 0.1) is 11.8 Å². The molecule has 6 heteroatoms. The normalized spacial score (nSPS) is 25.6. The third kappa shape index (κ3) is 2.51. The molecule has 0 aromatic carbocycles. The lowest BCUT2D eigenvalue weighted by Crippen LogP contribution is -2.25. The van der Waals surface area contributed by atoms with E-state index in [0.29, 0.717) is 0 Å². The molecule has 0 unspecified atom stereocenters. The predicted molar refractivity (Wildman–Crippen MR) is 84.3 cm³/mol. The summed E-state index contributed by atoms with van der Waals surface area (Å²) in [6, 6.07) is 2.16. The molecule has 2 fully saturated rings. The van der Waals surface area contributed by atoms with Crippen molar-refractivity contribution in [2.75, 3.05) is 26.2 Å². The quantitative estimate of drug-likeness (QED) is 0.913. The van der Waals surface area contributed by atoms with Gasteiger partial charge in [-0.25, -0.2) is 0 Å². The zero-order chi connectivity index (χ0) is 12.7. The van der Waals surface area contributed by atoms with Gasteiger partial charge in [-0.2, -0.15) is 16.4 Å². The Kier molecular flexibility index (Phi) is 4.12. The summed E-state index contributed by atoms with van der Waals surface area (Å²) >= 11 is 1.73. The Balaban J connectivity index is 0.00000121. The van der Waals surface area contributed by atoms with Gasteiger partial charge >= 0.3 is 0 Å². The molecule has 4 heterocycles. The molecule has 4 rings (SSSR count). The molecule has 2 aliphatic rings. The molecular formula is C14H19ClN4S. The Hall–Kier alpha value is -0.880. The molecule has 0 aliphatic carbocycles. The van der Waals surface area contributed by atoms with E-state index in [4.69, 9.17) is 0 Å². The maximum atomic E-state index is 4.23. The summed E-state index contributed by atoms with van der Waals surface area (Å²) in [5.41, 5.74) is 3.78. The summed E-state index contributed by atoms with van der Waals surface area (Å²) in [4.78, 5) is 2.58. The highest BCUT2D eigenvalue weighted by Crippen LogP contribution is 2.30. The molecule has 0 radical (unpaired) electrons. The van der Waals surface area contributed by atoms with Gasteiger partial charge in [0.05, 0.1) is 11.9 Å². The standard InChI is InChI=1S/C14H18N4S.ClH/c1-2-19-9-10(1)14-13(5-16-17-14)8-18-6-11-3-15-4-12(11)7-18;/h1-2,5,9,11-12,15H,3-4,6-8H2,(H,16,17);1H/t11-,12+;. The summed E-state index contributed by atoms with van der Waals surface area (Å²) in [5.74, 6) is 1.72. The van der Waals surface area contributed by atoms with Gasteiger partial charge in [-0.3, -0.25) is 10.00 Å². The van der Waals surface area contributed by atoms with Crippen molar-refractivity contribution in [2.24, 2.45) is 11.8 Å². The van der Waals surface area contributed by atoms with Crippen LogP contribution in [-0.2, 0) is 6.54 Å². The van der Waals surface area contributed by atoms with Gasteiger partial charge in [0.2, 0.25) is 0 Å². The van der Waals surface area contributed by atoms with E-state index in [2.05, 4.69) is 37.2 Å². The smallest absolute Gasteiger partial charge is 0.0703 e. The van der Waals surface area contributed by atoms with Crippen molar-refractivity contribution in [3.8, 4) is 11.3 Å². The van der Waals surface area contributed by atoms with Crippen molar-refractivity contribution in [1.29, 1.82) is 0 Å². The zero-order valence-corrected chi connectivity index (χ0v) is 12.8. The number of aromatic nitrogens is 2. The Morgan fingerprint density at radius 3 is 2.80 bits per heavy atom. The highest BCUT2D eigenvalue weighted by atomic mass is 35.5. The largest absolute Gasteiger partial charge is 0.316 e. The Morgan fingerprint density at radius 2 is 2.10 bits per heavy atom. The average molecular weight is 311 g/mol. The first-order chi connectivity index (χ1) is 9.40. The van der Waals surface area contributed by atoms with Crippen molar-refractivity contribution >= 4 is 23.7 Å². The van der Waals surface area contributed by atoms with Crippen molar-refractivity contribution in [2.45, 2.75) is 6.54 Å². The number of halogens is 1. The van der Waals surface area contributed by atoms with E-state index in [1.807, 2.05) is 6.20 Å². The number of likely N-dealkylation sites (tertiary alicyclic amines) is 1. The Morgan fingerprint density at radius 1 is 1.30 bits per heavy atom. The lowest BCUT2D eigenvalue weighted by molar-refractivity contribution is 0.306. The first-order valence-corrected chi connectivity index (χ1v) is 7.82. The van der Waals surface area contributed by atoms with Crippen LogP contribution in [0.25, 0.3) is 11.3 Å². The monoisotopic (exact) mass is 310 g/mol. The lowest BCUT2D eigenvalue weighted by Gasteiger charge is -2.16. The highest BCUT2D eigenvalue weighted by molar-refractivity contribution is 7.08. The maximum absolute atomic E-state index is 4.23. The Labute approximate surface area is 129 Å². The number of aromatic amines is 1. The third-order valence-corrected chi connectivity index (χ3v) is 5.07. The minimum atomic E-state index is 0. The summed E-state index contributed by atoms with van der Waals surface area (Å²) in [7, 11) is 0. The molecule has 0 saturated carbocycles. The molecule has 2 aromatic heterocycles. The molecule has 4 nitrogen and oxygen atoms in total. The van der Waals surface area contributed by atoms with Crippen LogP contribution in [0.4, 0.5) is 0 Å². The van der Waals surface area contributed by atoms with Crippen LogP contribution >= 0.6 is 23.7 Å². The maximum Gasteiger partial charge on any atom is 0.0703 e. The van der Waals surface area contributed by atoms with Gasteiger partial charge in [0.15, 0.2) is 0 Å². The van der Waals surface area contributed by atoms with Crippen LogP contribution in [-0.4, -0.2) is 41.3 Å². The summed E-state index contributed by atoms with van der Waals surface area (Å²) in [5, 5.41) is 15.2. The molecular weight excluding hydrogens is 292 g/mol. The number of nitrogens with one attached hydrogen (secondary N) is 2. The van der Waals surface area contributed by atoms with E-state index in [1.54, 1.807) is 11.3 Å². The fourth-order valence-corrected chi connectivity index (χ4v) is 4.06. The average Bonchev–Trinajstić information content (AvgIpc) is 3.12. The molecule has 108 valence electrons. The van der Waals surface area contributed by atoms with Crippen LogP contribution in [0.15, 0.2) is 23.0 Å². The van der Waals surface area contributed by atoms with E-state index in [-0.39, 0.29) is 12.4 Å². The van der Waals surface area contributed by atoms with Gasteiger partial charge in [-0.1, -0.05) is 0 Å². The number of fused-ring (bicyclic) bond motifs is 1. The second-order valence-corrected chi connectivity index (χ2v) is 6.43. The topological polar surface area (TPSA) is 44.0 Å². The number of thiophene rings is 1. The van der Waals surface area contributed by atoms with Crippen molar-refractivity contribution < 1.29 is 0 Å². The number of rotatable bonds is 3. The van der Waals surface area contributed by atoms with Gasteiger partial charge in [-0.15, -0.1) is 12.4 Å². The number of hydrogen-bond donors (Lipinski definition) is 2. The predicted octanol–water partition coefficient (Wildman–Crippen LogP) is 2.21. The van der Waals surface area contributed by atoms with Crippen molar-refractivity contribution in [3.63, 3.8) is 0 Å². The Bertz CT molecular complexity index is 541. The van der Waals surface area contributed by atoms with E-state index < -0.39 is 0 Å². The summed E-state index contributed by atoms with van der Waals surface area (Å²) in [6.07, 6.45) is 1.99. The van der Waals surface area contributed by atoms with Crippen LogP contribution in [0.5, 0.6) is 0 Å². The van der Waals surface area contributed by atoms with Gasteiger partial charge < -0.3 is 5.32 Å². The molecule has 0 spiro atoms. The van der Waals surface area contributed by atoms with Crippen LogP contribution in [0.3, 0.4) is 0 Å². The van der Waals surface area contributed by atoms with E-state index in [1.165, 1.54) is 43.0 Å². The molecule has 2 aliphatic heterocycles. The van der Waals surface area contributed by atoms with Gasteiger partial charge in [0.1, 0.15) is 0 Å².